The first-order valence-electron chi connectivity index (χ1n) is 5.59. The second-order valence-corrected chi connectivity index (χ2v) is 6.18. The van der Waals surface area contributed by atoms with Crippen molar-refractivity contribution in [2.45, 2.75) is 30.3 Å². The topological polar surface area (TPSA) is 71.8 Å². The molecule has 0 fully saturated rings. The van der Waals surface area contributed by atoms with E-state index in [2.05, 4.69) is 28.3 Å². The largest absolute Gasteiger partial charge is 0.327 e. The highest BCUT2D eigenvalue weighted by Gasteiger charge is 2.21. The van der Waals surface area contributed by atoms with E-state index in [1.807, 2.05) is 6.92 Å². The summed E-state index contributed by atoms with van der Waals surface area (Å²) in [7, 11) is 0. The molecule has 6 heteroatoms. The van der Waals surface area contributed by atoms with Crippen LogP contribution in [0.3, 0.4) is 0 Å². The van der Waals surface area contributed by atoms with Gasteiger partial charge in [-0.2, -0.15) is 0 Å². The number of aromatic amines is 1. The Morgan fingerprint density at radius 1 is 1.50 bits per heavy atom. The summed E-state index contributed by atoms with van der Waals surface area (Å²) in [6, 6.07) is 3.47. The lowest BCUT2D eigenvalue weighted by atomic mass is 10.1. The third kappa shape index (κ3) is 3.01. The average molecular weight is 281 g/mol. The summed E-state index contributed by atoms with van der Waals surface area (Å²) in [6.45, 7) is 4.04. The maximum absolute atomic E-state index is 11.3. The molecule has 2 aromatic rings. The lowest BCUT2D eigenvalue weighted by Crippen LogP contribution is -2.23. The van der Waals surface area contributed by atoms with E-state index < -0.39 is 0 Å². The van der Waals surface area contributed by atoms with E-state index in [1.165, 1.54) is 34.5 Å². The molecule has 18 heavy (non-hydrogen) atoms. The predicted molar refractivity (Wildman–Crippen MR) is 76.2 cm³/mol. The van der Waals surface area contributed by atoms with Crippen molar-refractivity contribution in [3.8, 4) is 0 Å². The zero-order valence-electron chi connectivity index (χ0n) is 10.2. The van der Waals surface area contributed by atoms with Crippen molar-refractivity contribution in [3.63, 3.8) is 0 Å². The Balaban J connectivity index is 2.28. The number of nitrogens with one attached hydrogen (secondary N) is 1. The van der Waals surface area contributed by atoms with Crippen LogP contribution in [0, 0.1) is 6.92 Å². The van der Waals surface area contributed by atoms with Gasteiger partial charge in [0, 0.05) is 23.2 Å². The van der Waals surface area contributed by atoms with Crippen molar-refractivity contribution >= 4 is 23.1 Å². The third-order valence-electron chi connectivity index (χ3n) is 2.52. The van der Waals surface area contributed by atoms with Crippen molar-refractivity contribution in [1.82, 2.24) is 9.97 Å². The minimum atomic E-state index is -0.140. The van der Waals surface area contributed by atoms with Gasteiger partial charge in [-0.3, -0.25) is 4.79 Å². The van der Waals surface area contributed by atoms with Crippen LogP contribution in [0.1, 0.15) is 22.6 Å². The summed E-state index contributed by atoms with van der Waals surface area (Å²) in [5.41, 5.74) is 7.14. The summed E-state index contributed by atoms with van der Waals surface area (Å²) in [6.07, 6.45) is 1.51. The van der Waals surface area contributed by atoms with Gasteiger partial charge in [0.1, 0.15) is 0 Å². The molecule has 96 valence electrons. The van der Waals surface area contributed by atoms with Crippen LogP contribution in [0.2, 0.25) is 0 Å². The molecule has 2 unspecified atom stereocenters. The maximum atomic E-state index is 11.3. The van der Waals surface area contributed by atoms with Crippen molar-refractivity contribution < 1.29 is 0 Å². The molecule has 0 saturated carbocycles. The molecule has 0 spiro atoms. The highest BCUT2D eigenvalue weighted by atomic mass is 32.2. The van der Waals surface area contributed by atoms with Crippen LogP contribution in [0.4, 0.5) is 0 Å². The van der Waals surface area contributed by atoms with Crippen LogP contribution in [-0.2, 0) is 0 Å². The quantitative estimate of drug-likeness (QED) is 0.666. The van der Waals surface area contributed by atoms with Crippen molar-refractivity contribution in [2.75, 3.05) is 0 Å². The van der Waals surface area contributed by atoms with Gasteiger partial charge in [0.2, 0.25) is 0 Å². The van der Waals surface area contributed by atoms with Gasteiger partial charge < -0.3 is 10.7 Å². The third-order valence-corrected chi connectivity index (χ3v) is 5.12. The second-order valence-electron chi connectivity index (χ2n) is 4.10. The summed E-state index contributed by atoms with van der Waals surface area (Å²) >= 11 is 3.19. The number of nitrogens with zero attached hydrogens (tertiary/aromatic N) is 1. The molecular weight excluding hydrogens is 266 g/mol. The summed E-state index contributed by atoms with van der Waals surface area (Å²) in [4.78, 5) is 19.4. The molecule has 2 heterocycles. The van der Waals surface area contributed by atoms with Crippen LogP contribution < -0.4 is 11.3 Å². The number of hydrogen-bond acceptors (Lipinski definition) is 5. The minimum Gasteiger partial charge on any atom is -0.327 e. The van der Waals surface area contributed by atoms with Crippen molar-refractivity contribution in [2.24, 2.45) is 5.73 Å². The number of aromatic nitrogens is 2. The zero-order valence-corrected chi connectivity index (χ0v) is 11.8. The van der Waals surface area contributed by atoms with E-state index in [9.17, 15) is 4.79 Å². The Kier molecular flexibility index (Phi) is 4.21. The number of nitrogens with two attached hydrogens (primary N) is 1. The molecule has 0 radical (unpaired) electrons. The number of hydrogen-bond donors (Lipinski definition) is 2. The van der Waals surface area contributed by atoms with Crippen LogP contribution >= 0.6 is 23.1 Å². The zero-order chi connectivity index (χ0) is 13.1. The Morgan fingerprint density at radius 2 is 2.28 bits per heavy atom. The number of thioether (sulfide) groups is 1. The van der Waals surface area contributed by atoms with Gasteiger partial charge in [0.25, 0.3) is 5.56 Å². The Hall–Kier alpha value is -1.11. The minimum absolute atomic E-state index is 0.0159. The van der Waals surface area contributed by atoms with Crippen LogP contribution in [0.15, 0.2) is 33.7 Å². The molecule has 0 aromatic carbocycles. The molecule has 0 aliphatic rings. The molecule has 0 aliphatic heterocycles. The molecule has 0 bridgehead atoms. The van der Waals surface area contributed by atoms with E-state index >= 15 is 0 Å². The monoisotopic (exact) mass is 281 g/mol. The Morgan fingerprint density at radius 3 is 2.83 bits per heavy atom. The fraction of sp³-hybridized carbons (Fsp3) is 0.333. The highest BCUT2D eigenvalue weighted by molar-refractivity contribution is 7.99. The number of H-pyrrole nitrogens is 1. The fourth-order valence-corrected chi connectivity index (χ4v) is 3.97. The first-order chi connectivity index (χ1) is 8.58. The van der Waals surface area contributed by atoms with E-state index in [-0.39, 0.29) is 16.9 Å². The van der Waals surface area contributed by atoms with Gasteiger partial charge >= 0.3 is 0 Å². The molecule has 0 aliphatic carbocycles. The van der Waals surface area contributed by atoms with Crippen LogP contribution in [0.25, 0.3) is 0 Å². The van der Waals surface area contributed by atoms with E-state index in [0.29, 0.717) is 5.16 Å². The van der Waals surface area contributed by atoms with E-state index in [0.717, 1.165) is 0 Å². The summed E-state index contributed by atoms with van der Waals surface area (Å²) in [5.74, 6) is 0. The van der Waals surface area contributed by atoms with Crippen LogP contribution in [-0.4, -0.2) is 16.0 Å². The molecule has 2 rings (SSSR count). The first-order valence-corrected chi connectivity index (χ1v) is 7.35. The normalized spacial score (nSPS) is 14.4. The lowest BCUT2D eigenvalue weighted by molar-refractivity contribution is 0.723. The maximum Gasteiger partial charge on any atom is 0.251 e. The first kappa shape index (κ1) is 13.3. The summed E-state index contributed by atoms with van der Waals surface area (Å²) in [5, 5.41) is 2.77. The van der Waals surface area contributed by atoms with Gasteiger partial charge in [0.05, 0.1) is 5.25 Å². The fourth-order valence-electron chi connectivity index (χ4n) is 1.61. The van der Waals surface area contributed by atoms with Gasteiger partial charge in [-0.15, -0.1) is 11.3 Å². The number of thiophene rings is 1. The Labute approximate surface area is 114 Å². The molecule has 2 aromatic heterocycles. The molecule has 2 atom stereocenters. The van der Waals surface area contributed by atoms with Gasteiger partial charge in [-0.05, 0) is 30.9 Å². The predicted octanol–water partition coefficient (Wildman–Crippen LogP) is 2.32. The smallest absolute Gasteiger partial charge is 0.251 e. The van der Waals surface area contributed by atoms with Gasteiger partial charge in [0.15, 0.2) is 5.16 Å². The van der Waals surface area contributed by atoms with E-state index in [4.69, 9.17) is 5.73 Å². The SMILES string of the molecule is Cc1ccsc1C(Sc1nccc(=O)[nH]1)C(C)N. The van der Waals surface area contributed by atoms with Crippen molar-refractivity contribution in [3.05, 3.63) is 44.5 Å². The lowest BCUT2D eigenvalue weighted by Gasteiger charge is -2.19. The molecule has 4 nitrogen and oxygen atoms in total. The molecular formula is C12H15N3OS2. The van der Waals surface area contributed by atoms with Gasteiger partial charge in [-0.1, -0.05) is 11.8 Å². The Bertz CT molecular complexity index is 576. The molecule has 0 saturated heterocycles. The summed E-state index contributed by atoms with van der Waals surface area (Å²) < 4.78 is 0. The standard InChI is InChI=1S/C12H15N3OS2/c1-7-4-6-17-10(7)11(8(2)13)18-12-14-5-3-9(16)15-12/h3-6,8,11H,13H2,1-2H3,(H,14,15,16). The molecule has 0 amide bonds. The van der Waals surface area contributed by atoms with E-state index in [1.54, 1.807) is 11.3 Å². The van der Waals surface area contributed by atoms with Crippen molar-refractivity contribution in [1.29, 1.82) is 0 Å². The second kappa shape index (κ2) is 5.69. The van der Waals surface area contributed by atoms with Gasteiger partial charge in [-0.25, -0.2) is 4.98 Å². The average Bonchev–Trinajstić information content (AvgIpc) is 2.72. The highest BCUT2D eigenvalue weighted by Crippen LogP contribution is 2.39. The molecule has 3 N–H and O–H groups in total. The number of rotatable bonds is 4. The van der Waals surface area contributed by atoms with Crippen LogP contribution in [0.5, 0.6) is 0 Å². The number of aryl methyl sites for hydroxylation is 1.